The fourth-order valence-electron chi connectivity index (χ4n) is 6.25. The SMILES string of the molecule is CCOC(=O)[C@H]1C2C(=O)N(Cc3ccccc3)C(=O)C2[C@H](C2=C[C@H]3OC(C)(C)O[C@H]3O2)N1Cc1ccccc1. The predicted octanol–water partition coefficient (Wildman–Crippen LogP) is 3.00. The highest BCUT2D eigenvalue weighted by Gasteiger charge is 2.66. The summed E-state index contributed by atoms with van der Waals surface area (Å²) in [5, 5.41) is 0. The van der Waals surface area contributed by atoms with E-state index in [1.165, 1.54) is 4.90 Å². The summed E-state index contributed by atoms with van der Waals surface area (Å²) in [5.74, 6) is -3.29. The minimum absolute atomic E-state index is 0.137. The molecule has 0 aromatic heterocycles. The molecular formula is C30H32N2O7. The molecule has 2 unspecified atom stereocenters. The molecule has 3 saturated heterocycles. The molecule has 2 aromatic carbocycles. The molecule has 0 radical (unpaired) electrons. The van der Waals surface area contributed by atoms with Crippen molar-refractivity contribution in [3.05, 3.63) is 83.6 Å². The predicted molar refractivity (Wildman–Crippen MR) is 138 cm³/mol. The van der Waals surface area contributed by atoms with Crippen molar-refractivity contribution < 1.29 is 33.3 Å². The average molecular weight is 533 g/mol. The lowest BCUT2D eigenvalue weighted by molar-refractivity contribution is -0.184. The molecular weight excluding hydrogens is 500 g/mol. The summed E-state index contributed by atoms with van der Waals surface area (Å²) in [7, 11) is 0. The number of imide groups is 1. The second-order valence-corrected chi connectivity index (χ2v) is 10.8. The molecule has 9 heteroatoms. The van der Waals surface area contributed by atoms with E-state index in [4.69, 9.17) is 18.9 Å². The lowest BCUT2D eigenvalue weighted by Gasteiger charge is -2.33. The van der Waals surface area contributed by atoms with Gasteiger partial charge in [-0.15, -0.1) is 0 Å². The monoisotopic (exact) mass is 532 g/mol. The molecule has 0 aliphatic carbocycles. The number of hydrogen-bond acceptors (Lipinski definition) is 8. The summed E-state index contributed by atoms with van der Waals surface area (Å²) in [5.41, 5.74) is 1.77. The summed E-state index contributed by atoms with van der Waals surface area (Å²) < 4.78 is 23.6. The van der Waals surface area contributed by atoms with E-state index < -0.39 is 48.1 Å². The van der Waals surface area contributed by atoms with Crippen LogP contribution in [0.2, 0.25) is 0 Å². The zero-order valence-corrected chi connectivity index (χ0v) is 22.2. The summed E-state index contributed by atoms with van der Waals surface area (Å²) in [6.07, 6.45) is 0.701. The Morgan fingerprint density at radius 1 is 0.897 bits per heavy atom. The van der Waals surface area contributed by atoms with Crippen LogP contribution in [0.4, 0.5) is 0 Å². The molecule has 4 heterocycles. The lowest BCUT2D eigenvalue weighted by atomic mass is 9.88. The summed E-state index contributed by atoms with van der Waals surface area (Å²) in [4.78, 5) is 44.6. The molecule has 0 N–H and O–H groups in total. The lowest BCUT2D eigenvalue weighted by Crippen LogP contribution is -2.48. The Kier molecular flexibility index (Phi) is 6.53. The van der Waals surface area contributed by atoms with Crippen molar-refractivity contribution in [2.75, 3.05) is 6.61 Å². The molecule has 0 bridgehead atoms. The molecule has 6 atom stereocenters. The van der Waals surface area contributed by atoms with Crippen molar-refractivity contribution in [2.24, 2.45) is 11.8 Å². The van der Waals surface area contributed by atoms with Crippen LogP contribution < -0.4 is 0 Å². The Hall–Kier alpha value is -3.53. The molecule has 0 saturated carbocycles. The fourth-order valence-corrected chi connectivity index (χ4v) is 6.25. The number of likely N-dealkylation sites (tertiary alicyclic amines) is 2. The van der Waals surface area contributed by atoms with E-state index in [9.17, 15) is 14.4 Å². The van der Waals surface area contributed by atoms with Gasteiger partial charge >= 0.3 is 5.97 Å². The van der Waals surface area contributed by atoms with Gasteiger partial charge < -0.3 is 18.9 Å². The third kappa shape index (κ3) is 4.54. The highest BCUT2D eigenvalue weighted by molar-refractivity contribution is 6.08. The standard InChI is InChI=1S/C30H32N2O7/c1-4-36-28(35)25-23-22(26(33)32(27(23)34)17-19-13-9-6-10-14-19)24(31(25)16-18-11-7-5-8-12-18)20-15-21-29(37-20)39-30(2,3)38-21/h5-15,21-25,29H,4,16-17H2,1-3H3/t21-,22?,23?,24+,25-,29-/m1/s1. The van der Waals surface area contributed by atoms with Gasteiger partial charge in [0, 0.05) is 6.54 Å². The number of rotatable bonds is 7. The van der Waals surface area contributed by atoms with Gasteiger partial charge in [0.1, 0.15) is 17.9 Å². The molecule has 4 aliphatic rings. The number of esters is 1. The minimum atomic E-state index is -0.958. The van der Waals surface area contributed by atoms with E-state index in [0.717, 1.165) is 11.1 Å². The number of nitrogens with zero attached hydrogens (tertiary/aromatic N) is 2. The van der Waals surface area contributed by atoms with Gasteiger partial charge in [-0.05, 0) is 38.0 Å². The Morgan fingerprint density at radius 2 is 1.51 bits per heavy atom. The van der Waals surface area contributed by atoms with E-state index in [-0.39, 0.29) is 25.0 Å². The van der Waals surface area contributed by atoms with Gasteiger partial charge in [-0.1, -0.05) is 60.7 Å². The molecule has 9 nitrogen and oxygen atoms in total. The van der Waals surface area contributed by atoms with Crippen LogP contribution in [0.3, 0.4) is 0 Å². The largest absolute Gasteiger partial charge is 0.465 e. The topological polar surface area (TPSA) is 94.6 Å². The number of carbonyl (C=O) groups excluding carboxylic acids is 3. The fraction of sp³-hybridized carbons (Fsp3) is 0.433. The normalized spacial score (nSPS) is 31.2. The Labute approximate surface area is 227 Å². The molecule has 3 fully saturated rings. The first-order valence-corrected chi connectivity index (χ1v) is 13.4. The van der Waals surface area contributed by atoms with Crippen LogP contribution in [-0.4, -0.2) is 64.5 Å². The third-order valence-electron chi connectivity index (χ3n) is 7.76. The number of fused-ring (bicyclic) bond motifs is 2. The number of carbonyl (C=O) groups is 3. The van der Waals surface area contributed by atoms with E-state index in [0.29, 0.717) is 12.3 Å². The van der Waals surface area contributed by atoms with Crippen molar-refractivity contribution in [1.29, 1.82) is 0 Å². The van der Waals surface area contributed by atoms with Gasteiger partial charge in [-0.2, -0.15) is 0 Å². The zero-order chi connectivity index (χ0) is 27.3. The van der Waals surface area contributed by atoms with Crippen LogP contribution >= 0.6 is 0 Å². The van der Waals surface area contributed by atoms with Crippen molar-refractivity contribution in [3.63, 3.8) is 0 Å². The number of amides is 2. The second-order valence-electron chi connectivity index (χ2n) is 10.8. The summed E-state index contributed by atoms with van der Waals surface area (Å²) in [6.45, 7) is 5.97. The van der Waals surface area contributed by atoms with E-state index >= 15 is 0 Å². The molecule has 2 amide bonds. The number of ether oxygens (including phenoxy) is 4. The van der Waals surface area contributed by atoms with Gasteiger partial charge in [0.15, 0.2) is 5.79 Å². The second kappa shape index (κ2) is 9.89. The van der Waals surface area contributed by atoms with Crippen LogP contribution in [0, 0.1) is 11.8 Å². The van der Waals surface area contributed by atoms with E-state index in [1.54, 1.807) is 6.92 Å². The van der Waals surface area contributed by atoms with Gasteiger partial charge in [0.2, 0.25) is 18.1 Å². The van der Waals surface area contributed by atoms with Gasteiger partial charge in [-0.25, -0.2) is 0 Å². The third-order valence-corrected chi connectivity index (χ3v) is 7.76. The molecule has 4 aliphatic heterocycles. The maximum Gasteiger partial charge on any atom is 0.324 e. The van der Waals surface area contributed by atoms with Gasteiger partial charge in [0.05, 0.1) is 31.0 Å². The highest BCUT2D eigenvalue weighted by atomic mass is 16.8. The Morgan fingerprint density at radius 3 is 2.13 bits per heavy atom. The van der Waals surface area contributed by atoms with Crippen LogP contribution in [0.1, 0.15) is 31.9 Å². The van der Waals surface area contributed by atoms with Crippen molar-refractivity contribution >= 4 is 17.8 Å². The average Bonchev–Trinajstić information content (AvgIpc) is 3.59. The van der Waals surface area contributed by atoms with E-state index in [1.807, 2.05) is 85.5 Å². The molecule has 39 heavy (non-hydrogen) atoms. The highest BCUT2D eigenvalue weighted by Crippen LogP contribution is 2.49. The minimum Gasteiger partial charge on any atom is -0.465 e. The first-order chi connectivity index (χ1) is 18.8. The van der Waals surface area contributed by atoms with Crippen LogP contribution in [0.15, 0.2) is 72.5 Å². The molecule has 0 spiro atoms. The van der Waals surface area contributed by atoms with Gasteiger partial charge in [-0.3, -0.25) is 24.2 Å². The maximum atomic E-state index is 14.0. The first-order valence-electron chi connectivity index (χ1n) is 13.4. The molecule has 6 rings (SSSR count). The van der Waals surface area contributed by atoms with Crippen LogP contribution in [0.5, 0.6) is 0 Å². The zero-order valence-electron chi connectivity index (χ0n) is 22.2. The van der Waals surface area contributed by atoms with Crippen molar-refractivity contribution in [1.82, 2.24) is 9.80 Å². The van der Waals surface area contributed by atoms with Gasteiger partial charge in [0.25, 0.3) is 0 Å². The number of benzene rings is 2. The first kappa shape index (κ1) is 25.7. The Balaban J connectivity index is 1.41. The van der Waals surface area contributed by atoms with E-state index in [2.05, 4.69) is 0 Å². The Bertz CT molecular complexity index is 1290. The number of hydrogen-bond donors (Lipinski definition) is 0. The maximum absolute atomic E-state index is 14.0. The summed E-state index contributed by atoms with van der Waals surface area (Å²) in [6, 6.07) is 17.4. The smallest absolute Gasteiger partial charge is 0.324 e. The quantitative estimate of drug-likeness (QED) is 0.397. The van der Waals surface area contributed by atoms with Crippen LogP contribution in [0.25, 0.3) is 0 Å². The molecule has 2 aromatic rings. The van der Waals surface area contributed by atoms with Crippen molar-refractivity contribution in [2.45, 2.75) is 64.1 Å². The van der Waals surface area contributed by atoms with Crippen molar-refractivity contribution in [3.8, 4) is 0 Å². The molecule has 204 valence electrons. The van der Waals surface area contributed by atoms with Crippen LogP contribution in [-0.2, 0) is 46.4 Å². The summed E-state index contributed by atoms with van der Waals surface area (Å²) >= 11 is 0.